The van der Waals surface area contributed by atoms with E-state index in [0.29, 0.717) is 29.3 Å². The molecule has 0 radical (unpaired) electrons. The Morgan fingerprint density at radius 3 is 2.85 bits per heavy atom. The predicted octanol–water partition coefficient (Wildman–Crippen LogP) is 3.52. The number of halogens is 1. The van der Waals surface area contributed by atoms with Crippen molar-refractivity contribution >= 4 is 23.2 Å². The fourth-order valence-corrected chi connectivity index (χ4v) is 4.80. The fraction of sp³-hybridized carbons (Fsp3) is 0.600. The van der Waals surface area contributed by atoms with Crippen LogP contribution in [0.3, 0.4) is 0 Å². The van der Waals surface area contributed by atoms with Crippen LogP contribution < -0.4 is 0 Å². The van der Waals surface area contributed by atoms with Gasteiger partial charge in [-0.3, -0.25) is 4.79 Å². The third-order valence-corrected chi connectivity index (χ3v) is 6.10. The molecule has 1 atom stereocenters. The van der Waals surface area contributed by atoms with Crippen LogP contribution >= 0.6 is 11.6 Å². The summed E-state index contributed by atoms with van der Waals surface area (Å²) in [6.07, 6.45) is 7.55. The third-order valence-electron chi connectivity index (χ3n) is 5.88. The number of fused-ring (bicyclic) bond motifs is 1. The Hall–Kier alpha value is -1.59. The highest BCUT2D eigenvalue weighted by Crippen LogP contribution is 2.30. The van der Waals surface area contributed by atoms with E-state index in [0.717, 1.165) is 31.0 Å². The van der Waals surface area contributed by atoms with E-state index in [1.807, 2.05) is 25.3 Å². The number of carbonyl (C=O) groups is 1. The van der Waals surface area contributed by atoms with Crippen molar-refractivity contribution < 1.29 is 4.79 Å². The van der Waals surface area contributed by atoms with Gasteiger partial charge in [-0.15, -0.1) is 0 Å². The van der Waals surface area contributed by atoms with Crippen molar-refractivity contribution in [2.24, 2.45) is 5.92 Å². The van der Waals surface area contributed by atoms with E-state index in [1.54, 1.807) is 0 Å². The van der Waals surface area contributed by atoms with Gasteiger partial charge in [0.15, 0.2) is 0 Å². The highest BCUT2D eigenvalue weighted by atomic mass is 35.5. The van der Waals surface area contributed by atoms with Gasteiger partial charge in [-0.1, -0.05) is 24.4 Å². The van der Waals surface area contributed by atoms with Crippen LogP contribution in [-0.2, 0) is 11.3 Å². The van der Waals surface area contributed by atoms with Crippen LogP contribution in [0.2, 0.25) is 5.02 Å². The fourth-order valence-electron chi connectivity index (χ4n) is 4.64. The first-order valence-corrected chi connectivity index (χ1v) is 10.00. The summed E-state index contributed by atoms with van der Waals surface area (Å²) in [4.78, 5) is 21.5. The first-order chi connectivity index (χ1) is 12.5. The highest BCUT2D eigenvalue weighted by molar-refractivity contribution is 6.30. The molecule has 0 bridgehead atoms. The Bertz CT molecular complexity index is 811. The molecule has 6 heteroatoms. The van der Waals surface area contributed by atoms with Gasteiger partial charge in [0.05, 0.1) is 16.4 Å². The summed E-state index contributed by atoms with van der Waals surface area (Å²) >= 11 is 6.16. The van der Waals surface area contributed by atoms with Gasteiger partial charge >= 0.3 is 0 Å². The molecule has 1 saturated carbocycles. The molecule has 0 unspecified atom stereocenters. The standard InChI is InChI=1S/C20H27ClN4O/c1-14-18(25-12-16(21)7-8-19(25)22-14)13-23(2)10-15-9-20(26)24(11-15)17-5-3-4-6-17/h7-8,12,15,17H,3-6,9-11,13H2,1-2H3/t15-/m1/s1. The van der Waals surface area contributed by atoms with Gasteiger partial charge in [-0.2, -0.15) is 0 Å². The second kappa shape index (κ2) is 7.20. The maximum absolute atomic E-state index is 12.4. The molecule has 3 heterocycles. The molecule has 0 N–H and O–H groups in total. The van der Waals surface area contributed by atoms with Gasteiger partial charge < -0.3 is 14.2 Å². The van der Waals surface area contributed by atoms with Crippen LogP contribution in [0.4, 0.5) is 0 Å². The number of pyridine rings is 1. The molecule has 1 aliphatic carbocycles. The van der Waals surface area contributed by atoms with Gasteiger partial charge in [-0.05, 0) is 44.9 Å². The third kappa shape index (κ3) is 3.47. The first kappa shape index (κ1) is 17.8. The summed E-state index contributed by atoms with van der Waals surface area (Å²) in [6.45, 7) is 4.71. The zero-order valence-corrected chi connectivity index (χ0v) is 16.4. The molecule has 1 saturated heterocycles. The summed E-state index contributed by atoms with van der Waals surface area (Å²) in [5.41, 5.74) is 3.13. The Labute approximate surface area is 159 Å². The molecule has 0 aromatic carbocycles. The monoisotopic (exact) mass is 374 g/mol. The average molecular weight is 375 g/mol. The van der Waals surface area contributed by atoms with Crippen LogP contribution in [0, 0.1) is 12.8 Å². The predicted molar refractivity (Wildman–Crippen MR) is 103 cm³/mol. The Morgan fingerprint density at radius 2 is 2.08 bits per heavy atom. The zero-order chi connectivity index (χ0) is 18.3. The summed E-state index contributed by atoms with van der Waals surface area (Å²) in [5.74, 6) is 0.782. The molecule has 2 aromatic heterocycles. The van der Waals surface area contributed by atoms with E-state index in [1.165, 1.54) is 31.4 Å². The number of nitrogens with zero attached hydrogens (tertiary/aromatic N) is 4. The van der Waals surface area contributed by atoms with Gasteiger partial charge in [0.25, 0.3) is 0 Å². The van der Waals surface area contributed by atoms with Crippen molar-refractivity contribution in [3.63, 3.8) is 0 Å². The Morgan fingerprint density at radius 1 is 1.31 bits per heavy atom. The molecule has 26 heavy (non-hydrogen) atoms. The van der Waals surface area contributed by atoms with Crippen molar-refractivity contribution in [3.05, 3.63) is 34.7 Å². The van der Waals surface area contributed by atoms with Gasteiger partial charge in [0.2, 0.25) is 5.91 Å². The molecule has 0 spiro atoms. The van der Waals surface area contributed by atoms with Gasteiger partial charge in [0, 0.05) is 38.3 Å². The van der Waals surface area contributed by atoms with E-state index >= 15 is 0 Å². The van der Waals surface area contributed by atoms with Crippen molar-refractivity contribution in [2.75, 3.05) is 20.1 Å². The van der Waals surface area contributed by atoms with E-state index < -0.39 is 0 Å². The van der Waals surface area contributed by atoms with E-state index in [2.05, 4.69) is 26.2 Å². The van der Waals surface area contributed by atoms with Gasteiger partial charge in [0.1, 0.15) is 5.65 Å². The molecule has 140 valence electrons. The zero-order valence-electron chi connectivity index (χ0n) is 15.6. The second-order valence-corrected chi connectivity index (χ2v) is 8.41. The number of carbonyl (C=O) groups excluding carboxylic acids is 1. The van der Waals surface area contributed by atoms with Gasteiger partial charge in [-0.25, -0.2) is 4.98 Å². The minimum absolute atomic E-state index is 0.355. The lowest BCUT2D eigenvalue weighted by molar-refractivity contribution is -0.129. The average Bonchev–Trinajstić information content (AvgIpc) is 3.29. The van der Waals surface area contributed by atoms with E-state index in [4.69, 9.17) is 11.6 Å². The van der Waals surface area contributed by atoms with E-state index in [-0.39, 0.29) is 0 Å². The van der Waals surface area contributed by atoms with E-state index in [9.17, 15) is 4.79 Å². The minimum atomic E-state index is 0.355. The quantitative estimate of drug-likeness (QED) is 0.804. The normalized spacial score (nSPS) is 21.6. The lowest BCUT2D eigenvalue weighted by Crippen LogP contribution is -2.35. The number of imidazole rings is 1. The summed E-state index contributed by atoms with van der Waals surface area (Å²) in [5, 5.41) is 0.715. The number of aromatic nitrogens is 2. The van der Waals surface area contributed by atoms with Crippen molar-refractivity contribution in [3.8, 4) is 0 Å². The largest absolute Gasteiger partial charge is 0.339 e. The molecule has 4 rings (SSSR count). The summed E-state index contributed by atoms with van der Waals surface area (Å²) < 4.78 is 2.08. The molecule has 2 fully saturated rings. The minimum Gasteiger partial charge on any atom is -0.339 e. The Balaban J connectivity index is 1.41. The van der Waals surface area contributed by atoms with Crippen molar-refractivity contribution in [2.45, 2.75) is 51.6 Å². The lowest BCUT2D eigenvalue weighted by Gasteiger charge is -2.25. The molecule has 1 aliphatic heterocycles. The molecular weight excluding hydrogens is 348 g/mol. The topological polar surface area (TPSA) is 40.9 Å². The second-order valence-electron chi connectivity index (χ2n) is 7.97. The molecule has 2 aromatic rings. The molecule has 5 nitrogen and oxygen atoms in total. The number of amides is 1. The number of hydrogen-bond acceptors (Lipinski definition) is 3. The number of hydrogen-bond donors (Lipinski definition) is 0. The number of rotatable bonds is 5. The number of aryl methyl sites for hydroxylation is 1. The smallest absolute Gasteiger partial charge is 0.223 e. The molecule has 1 amide bonds. The van der Waals surface area contributed by atoms with Crippen LogP contribution in [0.1, 0.15) is 43.5 Å². The SMILES string of the molecule is Cc1nc2ccc(Cl)cn2c1CN(C)C[C@H]1CC(=O)N(C2CCCC2)C1. The highest BCUT2D eigenvalue weighted by Gasteiger charge is 2.35. The van der Waals surface area contributed by atoms with Crippen molar-refractivity contribution in [1.82, 2.24) is 19.2 Å². The maximum Gasteiger partial charge on any atom is 0.223 e. The van der Waals surface area contributed by atoms with Crippen LogP contribution in [0.25, 0.3) is 5.65 Å². The summed E-state index contributed by atoms with van der Waals surface area (Å²) in [6, 6.07) is 4.33. The summed E-state index contributed by atoms with van der Waals surface area (Å²) in [7, 11) is 2.13. The maximum atomic E-state index is 12.4. The first-order valence-electron chi connectivity index (χ1n) is 9.62. The van der Waals surface area contributed by atoms with Crippen LogP contribution in [-0.4, -0.2) is 51.3 Å². The Kier molecular flexibility index (Phi) is 4.93. The van der Waals surface area contributed by atoms with Crippen molar-refractivity contribution in [1.29, 1.82) is 0 Å². The van der Waals surface area contributed by atoms with Crippen LogP contribution in [0.15, 0.2) is 18.3 Å². The molecular formula is C20H27ClN4O. The van der Waals surface area contributed by atoms with Crippen LogP contribution in [0.5, 0.6) is 0 Å². The lowest BCUT2D eigenvalue weighted by atomic mass is 10.1. The molecule has 2 aliphatic rings. The number of likely N-dealkylation sites (tertiary alicyclic amines) is 1.